The topological polar surface area (TPSA) is 85.3 Å². The Morgan fingerprint density at radius 1 is 1.13 bits per heavy atom. The minimum Gasteiger partial charge on any atom is -0.440 e. The SMILES string of the molecule is N#CC1=C(N)Oc2cc(OC(=O)c3cccc(Cl)c3)ccc2C1c1cccc(F)c1. The van der Waals surface area contributed by atoms with Gasteiger partial charge in [-0.15, -0.1) is 0 Å². The van der Waals surface area contributed by atoms with Crippen LogP contribution in [-0.2, 0) is 0 Å². The third-order valence-corrected chi connectivity index (χ3v) is 4.88. The first-order chi connectivity index (χ1) is 14.5. The summed E-state index contributed by atoms with van der Waals surface area (Å²) in [4.78, 5) is 12.4. The Hall–Kier alpha value is -3.82. The van der Waals surface area contributed by atoms with Gasteiger partial charge in [0, 0.05) is 16.7 Å². The number of carbonyl (C=O) groups is 1. The maximum atomic E-state index is 13.8. The molecule has 1 aliphatic heterocycles. The van der Waals surface area contributed by atoms with E-state index in [2.05, 4.69) is 0 Å². The summed E-state index contributed by atoms with van der Waals surface area (Å²) in [7, 11) is 0. The van der Waals surface area contributed by atoms with Gasteiger partial charge in [-0.1, -0.05) is 35.9 Å². The van der Waals surface area contributed by atoms with Crippen molar-refractivity contribution in [1.29, 1.82) is 5.26 Å². The fourth-order valence-corrected chi connectivity index (χ4v) is 3.50. The van der Waals surface area contributed by atoms with Gasteiger partial charge in [0.2, 0.25) is 5.88 Å². The molecule has 1 atom stereocenters. The van der Waals surface area contributed by atoms with Gasteiger partial charge in [-0.3, -0.25) is 0 Å². The second kappa shape index (κ2) is 7.90. The summed E-state index contributed by atoms with van der Waals surface area (Å²) < 4.78 is 24.8. The molecule has 7 heteroatoms. The monoisotopic (exact) mass is 420 g/mol. The predicted octanol–water partition coefficient (Wildman–Crippen LogP) is 4.92. The molecule has 1 aliphatic rings. The number of nitriles is 1. The zero-order chi connectivity index (χ0) is 21.3. The summed E-state index contributed by atoms with van der Waals surface area (Å²) in [5.74, 6) is -1.16. The third-order valence-electron chi connectivity index (χ3n) is 4.64. The summed E-state index contributed by atoms with van der Waals surface area (Å²) in [6.07, 6.45) is 0. The van der Waals surface area contributed by atoms with Crippen LogP contribution in [0.2, 0.25) is 5.02 Å². The van der Waals surface area contributed by atoms with Crippen LogP contribution in [0, 0.1) is 17.1 Å². The molecule has 3 aromatic carbocycles. The van der Waals surface area contributed by atoms with Crippen molar-refractivity contribution < 1.29 is 18.7 Å². The average Bonchev–Trinajstić information content (AvgIpc) is 2.72. The zero-order valence-corrected chi connectivity index (χ0v) is 16.2. The summed E-state index contributed by atoms with van der Waals surface area (Å²) in [6, 6.07) is 19.1. The van der Waals surface area contributed by atoms with E-state index >= 15 is 0 Å². The number of carbonyl (C=O) groups excluding carboxylic acids is 1. The molecular formula is C23H14ClFN2O3. The van der Waals surface area contributed by atoms with Crippen LogP contribution in [-0.4, -0.2) is 5.97 Å². The molecule has 0 saturated heterocycles. The normalized spacial score (nSPS) is 15.0. The maximum absolute atomic E-state index is 13.8. The number of esters is 1. The highest BCUT2D eigenvalue weighted by Gasteiger charge is 2.31. The second-order valence-electron chi connectivity index (χ2n) is 6.58. The molecule has 148 valence electrons. The summed E-state index contributed by atoms with van der Waals surface area (Å²) in [6.45, 7) is 0. The first-order valence-electron chi connectivity index (χ1n) is 8.91. The number of nitrogens with two attached hydrogens (primary N) is 1. The number of hydrogen-bond acceptors (Lipinski definition) is 5. The van der Waals surface area contributed by atoms with Crippen molar-refractivity contribution in [3.05, 3.63) is 106 Å². The van der Waals surface area contributed by atoms with Gasteiger partial charge >= 0.3 is 5.97 Å². The van der Waals surface area contributed by atoms with Crippen LogP contribution in [0.15, 0.2) is 78.2 Å². The van der Waals surface area contributed by atoms with E-state index in [9.17, 15) is 14.4 Å². The lowest BCUT2D eigenvalue weighted by Crippen LogP contribution is -2.21. The summed E-state index contributed by atoms with van der Waals surface area (Å²) >= 11 is 5.92. The van der Waals surface area contributed by atoms with Crippen LogP contribution >= 0.6 is 11.6 Å². The Morgan fingerprint density at radius 3 is 2.67 bits per heavy atom. The lowest BCUT2D eigenvalue weighted by atomic mass is 9.83. The molecule has 30 heavy (non-hydrogen) atoms. The number of nitrogens with zero attached hydrogens (tertiary/aromatic N) is 1. The van der Waals surface area contributed by atoms with Gasteiger partial charge in [-0.2, -0.15) is 5.26 Å². The molecule has 0 amide bonds. The van der Waals surface area contributed by atoms with Gasteiger partial charge < -0.3 is 15.2 Å². The molecule has 0 radical (unpaired) electrons. The van der Waals surface area contributed by atoms with Crippen molar-refractivity contribution in [2.75, 3.05) is 0 Å². The Balaban J connectivity index is 1.70. The third kappa shape index (κ3) is 3.71. The number of halogens is 2. The standard InChI is InChI=1S/C23H14ClFN2O3/c24-15-5-1-4-14(9-15)23(28)29-17-7-8-18-20(11-17)30-22(27)19(12-26)21(18)13-3-2-6-16(25)10-13/h1-11,21H,27H2. The van der Waals surface area contributed by atoms with Gasteiger partial charge in [0.05, 0.1) is 11.5 Å². The number of benzene rings is 3. The van der Waals surface area contributed by atoms with Gasteiger partial charge in [0.1, 0.15) is 29.0 Å². The number of rotatable bonds is 3. The number of fused-ring (bicyclic) bond motifs is 1. The highest BCUT2D eigenvalue weighted by Crippen LogP contribution is 2.43. The zero-order valence-electron chi connectivity index (χ0n) is 15.4. The molecule has 3 aromatic rings. The summed E-state index contributed by atoms with van der Waals surface area (Å²) in [5, 5.41) is 9.98. The molecule has 4 rings (SSSR count). The van der Waals surface area contributed by atoms with Crippen LogP contribution in [0.4, 0.5) is 4.39 Å². The van der Waals surface area contributed by atoms with Crippen molar-refractivity contribution in [2.45, 2.75) is 5.92 Å². The molecule has 5 nitrogen and oxygen atoms in total. The Bertz CT molecular complexity index is 1230. The molecule has 1 unspecified atom stereocenters. The van der Waals surface area contributed by atoms with E-state index in [0.717, 1.165) is 0 Å². The van der Waals surface area contributed by atoms with E-state index in [1.54, 1.807) is 42.5 Å². The largest absolute Gasteiger partial charge is 0.440 e. The second-order valence-corrected chi connectivity index (χ2v) is 7.02. The Kier molecular flexibility index (Phi) is 5.13. The fraction of sp³-hybridized carbons (Fsp3) is 0.0435. The molecule has 1 heterocycles. The van der Waals surface area contributed by atoms with E-state index in [0.29, 0.717) is 27.5 Å². The smallest absolute Gasteiger partial charge is 0.343 e. The van der Waals surface area contributed by atoms with E-state index in [1.807, 2.05) is 6.07 Å². The fourth-order valence-electron chi connectivity index (χ4n) is 3.31. The predicted molar refractivity (Wildman–Crippen MR) is 109 cm³/mol. The number of allylic oxidation sites excluding steroid dienone is 1. The van der Waals surface area contributed by atoms with Gasteiger partial charge in [-0.05, 0) is 42.0 Å². The highest BCUT2D eigenvalue weighted by atomic mass is 35.5. The lowest BCUT2D eigenvalue weighted by Gasteiger charge is -2.26. The van der Waals surface area contributed by atoms with E-state index in [-0.39, 0.29) is 17.2 Å². The molecule has 2 N–H and O–H groups in total. The first-order valence-corrected chi connectivity index (χ1v) is 9.29. The molecule has 0 bridgehead atoms. The van der Waals surface area contributed by atoms with E-state index in [4.69, 9.17) is 26.8 Å². The molecule has 0 saturated carbocycles. The first kappa shape index (κ1) is 19.5. The van der Waals surface area contributed by atoms with Crippen molar-refractivity contribution >= 4 is 17.6 Å². The van der Waals surface area contributed by atoms with Gasteiger partial charge in [0.25, 0.3) is 0 Å². The average molecular weight is 421 g/mol. The van der Waals surface area contributed by atoms with Crippen molar-refractivity contribution in [3.63, 3.8) is 0 Å². The minimum atomic E-state index is -0.605. The van der Waals surface area contributed by atoms with E-state index < -0.39 is 17.7 Å². The lowest BCUT2D eigenvalue weighted by molar-refractivity contribution is 0.0734. The van der Waals surface area contributed by atoms with E-state index in [1.165, 1.54) is 24.3 Å². The molecule has 0 fully saturated rings. The van der Waals surface area contributed by atoms with Crippen LogP contribution in [0.25, 0.3) is 0 Å². The van der Waals surface area contributed by atoms with Crippen LogP contribution < -0.4 is 15.2 Å². The van der Waals surface area contributed by atoms with Crippen LogP contribution in [0.3, 0.4) is 0 Å². The van der Waals surface area contributed by atoms with Crippen molar-refractivity contribution in [2.24, 2.45) is 5.73 Å². The van der Waals surface area contributed by atoms with Gasteiger partial charge in [0.15, 0.2) is 0 Å². The number of hydrogen-bond donors (Lipinski definition) is 1. The number of ether oxygens (including phenoxy) is 2. The molecular weight excluding hydrogens is 407 g/mol. The highest BCUT2D eigenvalue weighted by molar-refractivity contribution is 6.30. The Morgan fingerprint density at radius 2 is 1.93 bits per heavy atom. The minimum absolute atomic E-state index is 0.0856. The maximum Gasteiger partial charge on any atom is 0.343 e. The van der Waals surface area contributed by atoms with Crippen molar-refractivity contribution in [1.82, 2.24) is 0 Å². The van der Waals surface area contributed by atoms with Crippen LogP contribution in [0.1, 0.15) is 27.4 Å². The summed E-state index contributed by atoms with van der Waals surface area (Å²) in [5.41, 5.74) is 7.59. The quantitative estimate of drug-likeness (QED) is 0.480. The molecule has 0 aliphatic carbocycles. The Labute approximate surface area is 176 Å². The molecule has 0 aromatic heterocycles. The van der Waals surface area contributed by atoms with Crippen LogP contribution in [0.5, 0.6) is 11.5 Å². The molecule has 0 spiro atoms. The van der Waals surface area contributed by atoms with Gasteiger partial charge in [-0.25, -0.2) is 9.18 Å². The van der Waals surface area contributed by atoms with Crippen molar-refractivity contribution in [3.8, 4) is 17.6 Å².